The minimum absolute atomic E-state index is 0.0503. The van der Waals surface area contributed by atoms with Gasteiger partial charge in [-0.25, -0.2) is 0 Å². The average Bonchev–Trinajstić information content (AvgIpc) is 2.69. The summed E-state index contributed by atoms with van der Waals surface area (Å²) in [6.45, 7) is 9.27. The van der Waals surface area contributed by atoms with E-state index in [4.69, 9.17) is 15.4 Å². The van der Waals surface area contributed by atoms with Crippen LogP contribution in [0.2, 0.25) is 0 Å². The van der Waals surface area contributed by atoms with Gasteiger partial charge in [-0.1, -0.05) is 10.3 Å². The van der Waals surface area contributed by atoms with Gasteiger partial charge in [0.15, 0.2) is 0 Å². The van der Waals surface area contributed by atoms with Crippen molar-refractivity contribution in [1.82, 2.24) is 16.0 Å². The first-order valence-electron chi connectivity index (χ1n) is 10.4. The van der Waals surface area contributed by atoms with Crippen LogP contribution in [0.1, 0.15) is 66.7 Å². The highest BCUT2D eigenvalue weighted by atomic mass is 16.4. The van der Waals surface area contributed by atoms with E-state index >= 15 is 0 Å². The minimum atomic E-state index is -1.01. The van der Waals surface area contributed by atoms with Crippen molar-refractivity contribution >= 4 is 29.3 Å². The van der Waals surface area contributed by atoms with Crippen LogP contribution in [0.4, 0.5) is 0 Å². The molecule has 0 aromatic carbocycles. The smallest absolute Gasteiger partial charge is 0.303 e. The van der Waals surface area contributed by atoms with Crippen LogP contribution in [0.25, 0.3) is 0 Å². The third-order valence-electron chi connectivity index (χ3n) is 5.21. The summed E-state index contributed by atoms with van der Waals surface area (Å²) in [5.74, 6) is -2.30. The number of carboxylic acids is 2. The molecule has 0 spiro atoms. The van der Waals surface area contributed by atoms with Crippen molar-refractivity contribution in [2.24, 2.45) is 10.3 Å². The summed E-state index contributed by atoms with van der Waals surface area (Å²) in [5.41, 5.74) is -0.812. The van der Waals surface area contributed by atoms with Gasteiger partial charge in [-0.2, -0.15) is 0 Å². The van der Waals surface area contributed by atoms with Crippen molar-refractivity contribution < 1.29 is 35.0 Å². The minimum Gasteiger partial charge on any atom is -0.481 e. The maximum Gasteiger partial charge on any atom is 0.303 e. The Labute approximate surface area is 188 Å². The number of rotatable bonds is 16. The van der Waals surface area contributed by atoms with E-state index in [0.717, 1.165) is 0 Å². The van der Waals surface area contributed by atoms with E-state index < -0.39 is 29.1 Å². The molecule has 0 rings (SSSR count). The summed E-state index contributed by atoms with van der Waals surface area (Å²) in [4.78, 5) is 33.8. The van der Waals surface area contributed by atoms with E-state index in [1.807, 2.05) is 13.8 Å². The molecule has 12 nitrogen and oxygen atoms in total. The number of oxime groups is 2. The van der Waals surface area contributed by atoms with E-state index in [2.05, 4.69) is 26.3 Å². The number of carboxylic acid groups (broad SMARTS) is 2. The highest BCUT2D eigenvalue weighted by Gasteiger charge is 2.28. The molecule has 184 valence electrons. The number of carbonyl (C=O) groups is 3. The van der Waals surface area contributed by atoms with Crippen LogP contribution >= 0.6 is 0 Å². The molecule has 0 fully saturated rings. The van der Waals surface area contributed by atoms with Crippen molar-refractivity contribution in [1.29, 1.82) is 0 Å². The second-order valence-electron chi connectivity index (χ2n) is 8.65. The molecule has 0 aliphatic carbocycles. The Bertz CT molecular complexity index is 704. The lowest BCUT2D eigenvalue weighted by Crippen LogP contribution is -2.58. The second kappa shape index (κ2) is 13.6. The van der Waals surface area contributed by atoms with Crippen molar-refractivity contribution in [3.8, 4) is 0 Å². The van der Waals surface area contributed by atoms with Gasteiger partial charge in [0.2, 0.25) is 5.91 Å². The van der Waals surface area contributed by atoms with Gasteiger partial charge in [-0.3, -0.25) is 14.4 Å². The van der Waals surface area contributed by atoms with Crippen LogP contribution < -0.4 is 16.0 Å². The fourth-order valence-corrected chi connectivity index (χ4v) is 2.70. The molecule has 32 heavy (non-hydrogen) atoms. The van der Waals surface area contributed by atoms with E-state index in [9.17, 15) is 19.6 Å². The summed E-state index contributed by atoms with van der Waals surface area (Å²) in [6, 6.07) is -0.447. The van der Waals surface area contributed by atoms with Crippen LogP contribution in [0.5, 0.6) is 0 Å². The second-order valence-corrected chi connectivity index (χ2v) is 8.65. The maximum atomic E-state index is 12.3. The summed E-state index contributed by atoms with van der Waals surface area (Å²) in [6.07, 6.45) is 0.00709. The molecular weight excluding hydrogens is 422 g/mol. The molecule has 0 saturated heterocycles. The molecule has 0 aromatic rings. The highest BCUT2D eigenvalue weighted by Crippen LogP contribution is 2.12. The van der Waals surface area contributed by atoms with Crippen molar-refractivity contribution in [3.63, 3.8) is 0 Å². The van der Waals surface area contributed by atoms with Gasteiger partial charge < -0.3 is 36.6 Å². The predicted molar refractivity (Wildman–Crippen MR) is 119 cm³/mol. The third-order valence-corrected chi connectivity index (χ3v) is 5.21. The number of nitrogens with zero attached hydrogens (tertiary/aromatic N) is 2. The molecule has 0 aliphatic rings. The molecule has 0 bridgehead atoms. The standard InChI is InChI=1S/C20H37N5O7/c1-13(24-31)19(2,3)21-11-14(23-16(26)7-6-8-17(27)28)12-22-20(4,5)15(25-32)9-10-18(29)30/h14,21-22,31-32H,6-12H2,1-5H3,(H,23,26)(H,27,28)(H,29,30)/b24-13+,25-15+. The number of hydrogen-bond acceptors (Lipinski definition) is 9. The zero-order valence-corrected chi connectivity index (χ0v) is 19.4. The third kappa shape index (κ3) is 11.6. The fourth-order valence-electron chi connectivity index (χ4n) is 2.70. The van der Waals surface area contributed by atoms with Gasteiger partial charge in [0, 0.05) is 32.4 Å². The van der Waals surface area contributed by atoms with Gasteiger partial charge in [0.05, 0.1) is 35.0 Å². The van der Waals surface area contributed by atoms with E-state index in [-0.39, 0.29) is 56.8 Å². The molecule has 0 aromatic heterocycles. The maximum absolute atomic E-state index is 12.3. The van der Waals surface area contributed by atoms with Gasteiger partial charge in [0.1, 0.15) is 0 Å². The van der Waals surface area contributed by atoms with Crippen molar-refractivity contribution in [2.75, 3.05) is 13.1 Å². The summed E-state index contributed by atoms with van der Waals surface area (Å²) in [7, 11) is 0. The summed E-state index contributed by atoms with van der Waals surface area (Å²) < 4.78 is 0. The van der Waals surface area contributed by atoms with E-state index in [0.29, 0.717) is 5.71 Å². The van der Waals surface area contributed by atoms with E-state index in [1.165, 1.54) is 0 Å². The van der Waals surface area contributed by atoms with Crippen molar-refractivity contribution in [3.05, 3.63) is 0 Å². The quantitative estimate of drug-likeness (QED) is 0.100. The Kier molecular flexibility index (Phi) is 12.5. The first-order chi connectivity index (χ1) is 14.7. The highest BCUT2D eigenvalue weighted by molar-refractivity contribution is 5.94. The SMILES string of the molecule is C/C(=N\O)C(C)(C)NCC(CNC(C)(C)/C(CCC(=O)O)=N/O)NC(=O)CCCC(=O)O. The lowest BCUT2D eigenvalue weighted by atomic mass is 9.94. The number of amides is 1. The molecule has 12 heteroatoms. The molecule has 1 unspecified atom stereocenters. The van der Waals surface area contributed by atoms with Crippen LogP contribution in [-0.4, -0.2) is 80.1 Å². The van der Waals surface area contributed by atoms with Gasteiger partial charge in [0.25, 0.3) is 0 Å². The van der Waals surface area contributed by atoms with Gasteiger partial charge in [-0.05, 0) is 41.0 Å². The number of hydrogen-bond donors (Lipinski definition) is 7. The van der Waals surface area contributed by atoms with Gasteiger partial charge >= 0.3 is 11.9 Å². The normalized spacial score (nSPS) is 14.2. The first kappa shape index (κ1) is 29.3. The lowest BCUT2D eigenvalue weighted by molar-refractivity contribution is -0.138. The molecule has 7 N–H and O–H groups in total. The number of carbonyl (C=O) groups excluding carboxylic acids is 1. The topological polar surface area (TPSA) is 193 Å². The Balaban J connectivity index is 5.21. The monoisotopic (exact) mass is 459 g/mol. The molecule has 1 atom stereocenters. The molecule has 0 heterocycles. The molecule has 0 aliphatic heterocycles. The zero-order valence-electron chi connectivity index (χ0n) is 19.4. The first-order valence-corrected chi connectivity index (χ1v) is 10.4. The Hall–Kier alpha value is -2.73. The molecule has 0 saturated carbocycles. The lowest BCUT2D eigenvalue weighted by Gasteiger charge is -2.32. The van der Waals surface area contributed by atoms with Crippen molar-refractivity contribution in [2.45, 2.75) is 83.8 Å². The molecular formula is C20H37N5O7. The Morgan fingerprint density at radius 3 is 1.81 bits per heavy atom. The van der Waals surface area contributed by atoms with Crippen LogP contribution in [-0.2, 0) is 14.4 Å². The Morgan fingerprint density at radius 2 is 1.34 bits per heavy atom. The summed E-state index contributed by atoms with van der Waals surface area (Å²) in [5, 5.41) is 51.7. The predicted octanol–water partition coefficient (Wildman–Crippen LogP) is 1.01. The van der Waals surface area contributed by atoms with Crippen LogP contribution in [0.3, 0.4) is 0 Å². The fraction of sp³-hybridized carbons (Fsp3) is 0.750. The average molecular weight is 460 g/mol. The molecule has 1 amide bonds. The van der Waals surface area contributed by atoms with E-state index in [1.54, 1.807) is 20.8 Å². The van der Waals surface area contributed by atoms with Crippen LogP contribution in [0, 0.1) is 0 Å². The van der Waals surface area contributed by atoms with Crippen LogP contribution in [0.15, 0.2) is 10.3 Å². The van der Waals surface area contributed by atoms with Gasteiger partial charge in [-0.15, -0.1) is 0 Å². The molecule has 0 radical (unpaired) electrons. The Morgan fingerprint density at radius 1 is 0.812 bits per heavy atom. The number of aliphatic carboxylic acids is 2. The summed E-state index contributed by atoms with van der Waals surface area (Å²) >= 11 is 0. The zero-order chi connectivity index (χ0) is 24.9. The number of nitrogens with one attached hydrogen (secondary N) is 3. The largest absolute Gasteiger partial charge is 0.481 e.